The molecule has 0 spiro atoms. The van der Waals surface area contributed by atoms with Crippen molar-refractivity contribution in [1.29, 1.82) is 0 Å². The van der Waals surface area contributed by atoms with Gasteiger partial charge in [-0.1, -0.05) is 48.0 Å². The molecular formula is C17H18N2O2. The number of anilines is 1. The van der Waals surface area contributed by atoms with Gasteiger partial charge in [-0.25, -0.2) is 0 Å². The third kappa shape index (κ3) is 5.10. The molecule has 0 aliphatic carbocycles. The fourth-order valence-electron chi connectivity index (χ4n) is 1.86. The summed E-state index contributed by atoms with van der Waals surface area (Å²) in [6.07, 6.45) is 0.276. The normalized spacial score (nSPS) is 9.95. The highest BCUT2D eigenvalue weighted by molar-refractivity contribution is 5.94. The lowest BCUT2D eigenvalue weighted by molar-refractivity contribution is -0.123. The maximum Gasteiger partial charge on any atom is 0.243 e. The van der Waals surface area contributed by atoms with Crippen LogP contribution in [0.3, 0.4) is 0 Å². The molecule has 0 bridgehead atoms. The highest BCUT2D eigenvalue weighted by atomic mass is 16.2. The molecule has 2 aromatic rings. The second-order valence-corrected chi connectivity index (χ2v) is 4.85. The maximum absolute atomic E-state index is 11.7. The van der Waals surface area contributed by atoms with Crippen LogP contribution in [0, 0.1) is 6.92 Å². The molecule has 2 aromatic carbocycles. The van der Waals surface area contributed by atoms with E-state index < -0.39 is 0 Å². The van der Waals surface area contributed by atoms with Gasteiger partial charge in [0.1, 0.15) is 0 Å². The van der Waals surface area contributed by atoms with Gasteiger partial charge in [0.15, 0.2) is 0 Å². The summed E-state index contributed by atoms with van der Waals surface area (Å²) in [5, 5.41) is 5.35. The molecule has 0 aliphatic rings. The summed E-state index contributed by atoms with van der Waals surface area (Å²) in [5.41, 5.74) is 2.78. The minimum Gasteiger partial charge on any atom is -0.347 e. The van der Waals surface area contributed by atoms with Crippen molar-refractivity contribution in [1.82, 2.24) is 5.32 Å². The molecule has 0 aromatic heterocycles. The molecular weight excluding hydrogens is 264 g/mol. The van der Waals surface area contributed by atoms with E-state index in [-0.39, 0.29) is 24.8 Å². The molecule has 2 rings (SSSR count). The van der Waals surface area contributed by atoms with E-state index in [1.165, 1.54) is 0 Å². The van der Waals surface area contributed by atoms with Crippen LogP contribution in [-0.4, -0.2) is 18.4 Å². The topological polar surface area (TPSA) is 58.2 Å². The molecule has 0 atom stereocenters. The van der Waals surface area contributed by atoms with Crippen molar-refractivity contribution in [3.63, 3.8) is 0 Å². The zero-order valence-electron chi connectivity index (χ0n) is 11.9. The summed E-state index contributed by atoms with van der Waals surface area (Å²) in [6, 6.07) is 16.9. The van der Waals surface area contributed by atoms with Crippen molar-refractivity contribution in [3.05, 3.63) is 65.7 Å². The Morgan fingerprint density at radius 3 is 2.24 bits per heavy atom. The number of amides is 2. The van der Waals surface area contributed by atoms with E-state index in [4.69, 9.17) is 0 Å². The smallest absolute Gasteiger partial charge is 0.243 e. The van der Waals surface area contributed by atoms with Crippen LogP contribution in [-0.2, 0) is 16.0 Å². The predicted octanol–water partition coefficient (Wildman–Crippen LogP) is 2.29. The monoisotopic (exact) mass is 282 g/mol. The van der Waals surface area contributed by atoms with Crippen LogP contribution >= 0.6 is 0 Å². The van der Waals surface area contributed by atoms with Gasteiger partial charge in [-0.2, -0.15) is 0 Å². The Morgan fingerprint density at radius 2 is 1.57 bits per heavy atom. The van der Waals surface area contributed by atoms with Crippen LogP contribution in [0.15, 0.2) is 54.6 Å². The number of carbonyl (C=O) groups excluding carboxylic acids is 2. The average Bonchev–Trinajstić information content (AvgIpc) is 2.49. The van der Waals surface area contributed by atoms with E-state index in [1.54, 1.807) is 0 Å². The quantitative estimate of drug-likeness (QED) is 0.884. The molecule has 2 N–H and O–H groups in total. The lowest BCUT2D eigenvalue weighted by Crippen LogP contribution is -2.33. The van der Waals surface area contributed by atoms with Crippen LogP contribution in [0.25, 0.3) is 0 Å². The lowest BCUT2D eigenvalue weighted by Gasteiger charge is -2.07. The molecule has 0 radical (unpaired) electrons. The van der Waals surface area contributed by atoms with E-state index in [1.807, 2.05) is 61.5 Å². The zero-order valence-corrected chi connectivity index (χ0v) is 11.9. The Hall–Kier alpha value is -2.62. The first-order valence-electron chi connectivity index (χ1n) is 6.80. The standard InChI is InChI=1S/C17H18N2O2/c1-13-7-9-15(10-8-13)19-17(21)12-18-16(20)11-14-5-3-2-4-6-14/h2-10H,11-12H2,1H3,(H,18,20)(H,19,21). The van der Waals surface area contributed by atoms with Crippen LogP contribution in [0.1, 0.15) is 11.1 Å². The Kier molecular flexibility index (Phi) is 5.10. The van der Waals surface area contributed by atoms with Gasteiger partial charge in [-0.05, 0) is 24.6 Å². The van der Waals surface area contributed by atoms with Crippen molar-refractivity contribution in [2.45, 2.75) is 13.3 Å². The van der Waals surface area contributed by atoms with Crippen LogP contribution in [0.2, 0.25) is 0 Å². The highest BCUT2D eigenvalue weighted by Gasteiger charge is 2.06. The van der Waals surface area contributed by atoms with Crippen molar-refractivity contribution in [2.24, 2.45) is 0 Å². The Bertz CT molecular complexity index is 606. The Labute approximate surface area is 124 Å². The highest BCUT2D eigenvalue weighted by Crippen LogP contribution is 2.08. The predicted molar refractivity (Wildman–Crippen MR) is 83.0 cm³/mol. The maximum atomic E-state index is 11.7. The molecule has 21 heavy (non-hydrogen) atoms. The molecule has 0 saturated heterocycles. The summed E-state index contributed by atoms with van der Waals surface area (Å²) in [7, 11) is 0. The molecule has 0 heterocycles. The number of hydrogen-bond donors (Lipinski definition) is 2. The molecule has 0 unspecified atom stereocenters. The Morgan fingerprint density at radius 1 is 0.905 bits per heavy atom. The number of carbonyl (C=O) groups is 2. The molecule has 2 amide bonds. The number of benzene rings is 2. The minimum atomic E-state index is -0.236. The van der Waals surface area contributed by atoms with E-state index in [9.17, 15) is 9.59 Å². The average molecular weight is 282 g/mol. The number of nitrogens with one attached hydrogen (secondary N) is 2. The van der Waals surface area contributed by atoms with Crippen molar-refractivity contribution in [2.75, 3.05) is 11.9 Å². The van der Waals surface area contributed by atoms with Crippen LogP contribution in [0.5, 0.6) is 0 Å². The number of aryl methyl sites for hydroxylation is 1. The molecule has 0 saturated carbocycles. The summed E-state index contributed by atoms with van der Waals surface area (Å²) in [4.78, 5) is 23.5. The largest absolute Gasteiger partial charge is 0.347 e. The van der Waals surface area contributed by atoms with E-state index >= 15 is 0 Å². The first-order chi connectivity index (χ1) is 10.1. The van der Waals surface area contributed by atoms with Gasteiger partial charge < -0.3 is 10.6 Å². The van der Waals surface area contributed by atoms with Gasteiger partial charge >= 0.3 is 0 Å². The fourth-order valence-corrected chi connectivity index (χ4v) is 1.86. The molecule has 4 heteroatoms. The summed E-state index contributed by atoms with van der Waals surface area (Å²) in [5.74, 6) is -0.402. The lowest BCUT2D eigenvalue weighted by atomic mass is 10.1. The van der Waals surface area contributed by atoms with E-state index in [0.717, 1.165) is 16.8 Å². The zero-order chi connectivity index (χ0) is 15.1. The van der Waals surface area contributed by atoms with Crippen LogP contribution < -0.4 is 10.6 Å². The SMILES string of the molecule is Cc1ccc(NC(=O)CNC(=O)Cc2ccccc2)cc1. The summed E-state index contributed by atoms with van der Waals surface area (Å²) >= 11 is 0. The van der Waals surface area contributed by atoms with Crippen LogP contribution in [0.4, 0.5) is 5.69 Å². The van der Waals surface area contributed by atoms with Gasteiger partial charge in [0.25, 0.3) is 0 Å². The van der Waals surface area contributed by atoms with E-state index in [2.05, 4.69) is 10.6 Å². The molecule has 108 valence electrons. The van der Waals surface area contributed by atoms with Gasteiger partial charge in [-0.15, -0.1) is 0 Å². The van der Waals surface area contributed by atoms with Gasteiger partial charge in [0.05, 0.1) is 13.0 Å². The molecule has 0 aliphatic heterocycles. The number of hydrogen-bond acceptors (Lipinski definition) is 2. The first-order valence-corrected chi connectivity index (χ1v) is 6.80. The Balaban J connectivity index is 1.76. The second-order valence-electron chi connectivity index (χ2n) is 4.85. The third-order valence-electron chi connectivity index (χ3n) is 2.99. The first kappa shape index (κ1) is 14.8. The fraction of sp³-hybridized carbons (Fsp3) is 0.176. The van der Waals surface area contributed by atoms with Gasteiger partial charge in [0, 0.05) is 5.69 Å². The summed E-state index contributed by atoms with van der Waals surface area (Å²) < 4.78 is 0. The van der Waals surface area contributed by atoms with Crippen molar-refractivity contribution < 1.29 is 9.59 Å². The van der Waals surface area contributed by atoms with Gasteiger partial charge in [-0.3, -0.25) is 9.59 Å². The van der Waals surface area contributed by atoms with Gasteiger partial charge in [0.2, 0.25) is 11.8 Å². The third-order valence-corrected chi connectivity index (χ3v) is 2.99. The minimum absolute atomic E-state index is 0.0282. The number of rotatable bonds is 5. The van der Waals surface area contributed by atoms with Crippen molar-refractivity contribution in [3.8, 4) is 0 Å². The molecule has 0 fully saturated rings. The molecule has 4 nitrogen and oxygen atoms in total. The summed E-state index contributed by atoms with van der Waals surface area (Å²) in [6.45, 7) is 1.95. The second kappa shape index (κ2) is 7.24. The van der Waals surface area contributed by atoms with E-state index in [0.29, 0.717) is 0 Å². The van der Waals surface area contributed by atoms with Crippen molar-refractivity contribution >= 4 is 17.5 Å².